The number of nitrogens with zero attached hydrogens (tertiary/aromatic N) is 2. The molecule has 0 unspecified atom stereocenters. The van der Waals surface area contributed by atoms with Crippen LogP contribution in [0.2, 0.25) is 0 Å². The number of aromatic nitrogens is 1. The number of nitrogens with one attached hydrogen (secondary N) is 1. The molecule has 1 fully saturated rings. The topological polar surface area (TPSA) is 54.5 Å². The van der Waals surface area contributed by atoms with E-state index in [0.29, 0.717) is 24.7 Å². The monoisotopic (exact) mass is 301 g/mol. The van der Waals surface area contributed by atoms with Crippen LogP contribution in [0.25, 0.3) is 0 Å². The van der Waals surface area contributed by atoms with Crippen LogP contribution in [0.1, 0.15) is 6.42 Å². The van der Waals surface area contributed by atoms with Crippen LogP contribution in [0.15, 0.2) is 48.7 Å². The highest BCUT2D eigenvalue weighted by atomic mass is 19.1. The predicted octanol–water partition coefficient (Wildman–Crippen LogP) is 2.91. The second-order valence-corrected chi connectivity index (χ2v) is 5.08. The van der Waals surface area contributed by atoms with Gasteiger partial charge in [0.2, 0.25) is 5.88 Å². The first-order valence-corrected chi connectivity index (χ1v) is 7.10. The summed E-state index contributed by atoms with van der Waals surface area (Å²) in [5.41, 5.74) is 0.570. The van der Waals surface area contributed by atoms with Gasteiger partial charge in [-0.05, 0) is 30.3 Å². The largest absolute Gasteiger partial charge is 0.472 e. The molecule has 0 spiro atoms. The molecule has 1 N–H and O–H groups in total. The lowest BCUT2D eigenvalue weighted by Gasteiger charge is -2.17. The molecular formula is C16H16FN3O2. The summed E-state index contributed by atoms with van der Waals surface area (Å²) in [6.07, 6.45) is 2.37. The quantitative estimate of drug-likeness (QED) is 0.948. The van der Waals surface area contributed by atoms with E-state index in [-0.39, 0.29) is 18.0 Å². The van der Waals surface area contributed by atoms with Gasteiger partial charge in [-0.25, -0.2) is 14.2 Å². The van der Waals surface area contributed by atoms with Gasteiger partial charge in [-0.15, -0.1) is 0 Å². The van der Waals surface area contributed by atoms with Crippen LogP contribution < -0.4 is 10.1 Å². The van der Waals surface area contributed by atoms with Gasteiger partial charge in [0.05, 0.1) is 6.54 Å². The van der Waals surface area contributed by atoms with Gasteiger partial charge in [-0.1, -0.05) is 6.07 Å². The third kappa shape index (κ3) is 3.52. The fourth-order valence-corrected chi connectivity index (χ4v) is 2.33. The lowest BCUT2D eigenvalue weighted by molar-refractivity contribution is 0.190. The SMILES string of the molecule is O=C(Nc1ccc(F)cc1)N1CC[C@H](Oc2ccccn2)C1. The predicted molar refractivity (Wildman–Crippen MR) is 80.3 cm³/mol. The van der Waals surface area contributed by atoms with Gasteiger partial charge >= 0.3 is 6.03 Å². The number of likely N-dealkylation sites (tertiary alicyclic amines) is 1. The lowest BCUT2D eigenvalue weighted by Crippen LogP contribution is -2.34. The van der Waals surface area contributed by atoms with Crippen LogP contribution in [0.3, 0.4) is 0 Å². The highest BCUT2D eigenvalue weighted by Gasteiger charge is 2.27. The van der Waals surface area contributed by atoms with Gasteiger partial charge in [0.25, 0.3) is 0 Å². The molecule has 1 aliphatic rings. The number of carbonyl (C=O) groups excluding carboxylic acids is 1. The summed E-state index contributed by atoms with van der Waals surface area (Å²) in [6.45, 7) is 1.12. The zero-order chi connectivity index (χ0) is 15.4. The van der Waals surface area contributed by atoms with E-state index < -0.39 is 0 Å². The molecule has 114 valence electrons. The van der Waals surface area contributed by atoms with E-state index >= 15 is 0 Å². The fourth-order valence-electron chi connectivity index (χ4n) is 2.33. The Kier molecular flexibility index (Phi) is 4.18. The molecule has 1 aliphatic heterocycles. The van der Waals surface area contributed by atoms with Crippen LogP contribution in [0.4, 0.5) is 14.9 Å². The second-order valence-electron chi connectivity index (χ2n) is 5.08. The highest BCUT2D eigenvalue weighted by molar-refractivity contribution is 5.89. The Labute approximate surface area is 127 Å². The van der Waals surface area contributed by atoms with Crippen molar-refractivity contribution in [3.05, 3.63) is 54.5 Å². The molecule has 1 aromatic heterocycles. The summed E-state index contributed by atoms with van der Waals surface area (Å²) in [4.78, 5) is 17.9. The standard InChI is InChI=1S/C16H16FN3O2/c17-12-4-6-13(7-5-12)19-16(21)20-10-8-14(11-20)22-15-3-1-2-9-18-15/h1-7,9,14H,8,10-11H2,(H,19,21)/t14-/m0/s1. The molecule has 0 aliphatic carbocycles. The van der Waals surface area contributed by atoms with Crippen molar-refractivity contribution in [3.63, 3.8) is 0 Å². The van der Waals surface area contributed by atoms with Crippen molar-refractivity contribution in [2.45, 2.75) is 12.5 Å². The molecule has 1 atom stereocenters. The molecule has 1 saturated heterocycles. The number of hydrogen-bond acceptors (Lipinski definition) is 3. The maximum absolute atomic E-state index is 12.8. The normalized spacial score (nSPS) is 17.3. The van der Waals surface area contributed by atoms with Gasteiger partial charge in [-0.3, -0.25) is 0 Å². The number of amides is 2. The van der Waals surface area contributed by atoms with Gasteiger partial charge in [0.1, 0.15) is 11.9 Å². The number of anilines is 1. The Balaban J connectivity index is 1.53. The minimum absolute atomic E-state index is 0.0612. The second kappa shape index (κ2) is 6.43. The Morgan fingerprint density at radius 2 is 2.09 bits per heavy atom. The van der Waals surface area contributed by atoms with Crippen molar-refractivity contribution in [1.29, 1.82) is 0 Å². The molecule has 0 radical (unpaired) electrons. The zero-order valence-electron chi connectivity index (χ0n) is 11.9. The summed E-state index contributed by atoms with van der Waals surface area (Å²) in [5.74, 6) is 0.233. The molecule has 0 bridgehead atoms. The molecule has 2 heterocycles. The number of halogens is 1. The van der Waals surface area contributed by atoms with Crippen molar-refractivity contribution < 1.29 is 13.9 Å². The highest BCUT2D eigenvalue weighted by Crippen LogP contribution is 2.17. The van der Waals surface area contributed by atoms with E-state index in [4.69, 9.17) is 4.74 Å². The van der Waals surface area contributed by atoms with Crippen LogP contribution in [-0.2, 0) is 0 Å². The van der Waals surface area contributed by atoms with E-state index in [1.165, 1.54) is 24.3 Å². The maximum atomic E-state index is 12.8. The molecule has 5 nitrogen and oxygen atoms in total. The third-order valence-electron chi connectivity index (χ3n) is 3.45. The molecule has 6 heteroatoms. The summed E-state index contributed by atoms with van der Waals surface area (Å²) in [6, 6.07) is 11.0. The van der Waals surface area contributed by atoms with Gasteiger partial charge < -0.3 is 15.0 Å². The van der Waals surface area contributed by atoms with Crippen molar-refractivity contribution in [2.75, 3.05) is 18.4 Å². The van der Waals surface area contributed by atoms with E-state index in [1.54, 1.807) is 17.2 Å². The smallest absolute Gasteiger partial charge is 0.321 e. The average molecular weight is 301 g/mol. The number of hydrogen-bond donors (Lipinski definition) is 1. The number of urea groups is 1. The molecule has 1 aromatic carbocycles. The minimum atomic E-state index is -0.331. The number of ether oxygens (including phenoxy) is 1. The van der Waals surface area contributed by atoms with Crippen molar-refractivity contribution in [3.8, 4) is 5.88 Å². The molecule has 2 aromatic rings. The Hall–Kier alpha value is -2.63. The number of carbonyl (C=O) groups is 1. The van der Waals surface area contributed by atoms with E-state index in [0.717, 1.165) is 6.42 Å². The first-order chi connectivity index (χ1) is 10.7. The van der Waals surface area contributed by atoms with E-state index in [9.17, 15) is 9.18 Å². The lowest BCUT2D eigenvalue weighted by atomic mass is 10.3. The zero-order valence-corrected chi connectivity index (χ0v) is 11.9. The molecular weight excluding hydrogens is 285 g/mol. The van der Waals surface area contributed by atoms with E-state index in [1.807, 2.05) is 12.1 Å². The minimum Gasteiger partial charge on any atom is -0.472 e. The van der Waals surface area contributed by atoms with Crippen LogP contribution >= 0.6 is 0 Å². The van der Waals surface area contributed by atoms with Crippen molar-refractivity contribution in [1.82, 2.24) is 9.88 Å². The maximum Gasteiger partial charge on any atom is 0.321 e. The Morgan fingerprint density at radius 3 is 2.82 bits per heavy atom. The van der Waals surface area contributed by atoms with Crippen LogP contribution in [-0.4, -0.2) is 35.1 Å². The van der Waals surface area contributed by atoms with Crippen LogP contribution in [0, 0.1) is 5.82 Å². The number of pyridine rings is 1. The first-order valence-electron chi connectivity index (χ1n) is 7.10. The van der Waals surface area contributed by atoms with Crippen molar-refractivity contribution >= 4 is 11.7 Å². The van der Waals surface area contributed by atoms with Crippen molar-refractivity contribution in [2.24, 2.45) is 0 Å². The number of benzene rings is 1. The molecule has 3 rings (SSSR count). The third-order valence-corrected chi connectivity index (χ3v) is 3.45. The van der Waals surface area contributed by atoms with Crippen LogP contribution in [0.5, 0.6) is 5.88 Å². The molecule has 0 saturated carbocycles. The summed E-state index contributed by atoms with van der Waals surface area (Å²) in [7, 11) is 0. The average Bonchev–Trinajstić information content (AvgIpc) is 2.99. The fraction of sp³-hybridized carbons (Fsp3) is 0.250. The van der Waals surface area contributed by atoms with Gasteiger partial charge in [0.15, 0.2) is 0 Å². The molecule has 22 heavy (non-hydrogen) atoms. The van der Waals surface area contributed by atoms with Gasteiger partial charge in [-0.2, -0.15) is 0 Å². The first kappa shape index (κ1) is 14.3. The summed E-state index contributed by atoms with van der Waals surface area (Å²) >= 11 is 0. The van der Waals surface area contributed by atoms with E-state index in [2.05, 4.69) is 10.3 Å². The summed E-state index contributed by atoms with van der Waals surface area (Å²) in [5, 5.41) is 2.74. The summed E-state index contributed by atoms with van der Waals surface area (Å²) < 4.78 is 18.6. The Bertz CT molecular complexity index is 634. The Morgan fingerprint density at radius 1 is 1.27 bits per heavy atom. The number of rotatable bonds is 3. The molecule has 2 amide bonds. The van der Waals surface area contributed by atoms with Gasteiger partial charge in [0, 0.05) is 30.9 Å².